The SMILES string of the molecule is CCSc1nc2n(n1)[C@H](c1cnn(C)c1)[C@@H](C(=O)Nc1ccccc1)[C@@H](C)N2. The van der Waals surface area contributed by atoms with Crippen LogP contribution in [0.25, 0.3) is 0 Å². The molecule has 9 heteroatoms. The van der Waals surface area contributed by atoms with Gasteiger partial charge in [-0.15, -0.1) is 5.10 Å². The largest absolute Gasteiger partial charge is 0.351 e. The standard InChI is InChI=1S/C19H23N7OS/c1-4-28-19-23-18-21-12(2)15(17(27)22-14-8-6-5-7-9-14)16(26(18)24-19)13-10-20-25(3)11-13/h5-12,15-16H,4H2,1-3H3,(H,22,27)(H,21,23,24)/t12-,15+,16-/m1/s1. The lowest BCUT2D eigenvalue weighted by Crippen LogP contribution is -2.46. The highest BCUT2D eigenvalue weighted by atomic mass is 32.2. The summed E-state index contributed by atoms with van der Waals surface area (Å²) in [6, 6.07) is 9.09. The van der Waals surface area contributed by atoms with Gasteiger partial charge in [-0.25, -0.2) is 4.68 Å². The van der Waals surface area contributed by atoms with Gasteiger partial charge in [-0.3, -0.25) is 9.48 Å². The number of amides is 1. The molecule has 0 aliphatic carbocycles. The summed E-state index contributed by atoms with van der Waals surface area (Å²) in [6.45, 7) is 4.07. The number of anilines is 2. The second kappa shape index (κ2) is 7.67. The fraction of sp³-hybridized carbons (Fsp3) is 0.368. The molecule has 28 heavy (non-hydrogen) atoms. The third-order valence-electron chi connectivity index (χ3n) is 4.79. The van der Waals surface area contributed by atoms with Gasteiger partial charge in [-0.05, 0) is 24.8 Å². The number of carbonyl (C=O) groups excluding carboxylic acids is 1. The number of thioether (sulfide) groups is 1. The van der Waals surface area contributed by atoms with E-state index in [1.54, 1.807) is 22.6 Å². The molecule has 2 N–H and O–H groups in total. The van der Waals surface area contributed by atoms with Crippen molar-refractivity contribution in [1.29, 1.82) is 0 Å². The monoisotopic (exact) mass is 397 g/mol. The molecule has 0 saturated heterocycles. The molecule has 146 valence electrons. The fourth-order valence-electron chi connectivity index (χ4n) is 3.56. The van der Waals surface area contributed by atoms with Crippen LogP contribution in [0.4, 0.5) is 11.6 Å². The molecule has 1 amide bonds. The summed E-state index contributed by atoms with van der Waals surface area (Å²) >= 11 is 1.58. The third-order valence-corrected chi connectivity index (χ3v) is 5.51. The number of hydrogen-bond acceptors (Lipinski definition) is 6. The van der Waals surface area contributed by atoms with Gasteiger partial charge < -0.3 is 10.6 Å². The van der Waals surface area contributed by atoms with E-state index in [-0.39, 0.29) is 23.9 Å². The molecule has 8 nitrogen and oxygen atoms in total. The van der Waals surface area contributed by atoms with Crippen LogP contribution >= 0.6 is 11.8 Å². The van der Waals surface area contributed by atoms with E-state index in [1.807, 2.05) is 55.2 Å². The van der Waals surface area contributed by atoms with Gasteiger partial charge in [0.2, 0.25) is 17.0 Å². The van der Waals surface area contributed by atoms with Crippen molar-refractivity contribution in [2.75, 3.05) is 16.4 Å². The summed E-state index contributed by atoms with van der Waals surface area (Å²) in [5, 5.41) is 16.1. The van der Waals surface area contributed by atoms with Gasteiger partial charge in [-0.1, -0.05) is 36.9 Å². The van der Waals surface area contributed by atoms with Crippen molar-refractivity contribution in [2.45, 2.75) is 31.1 Å². The molecule has 0 spiro atoms. The van der Waals surface area contributed by atoms with Crippen LogP contribution < -0.4 is 10.6 Å². The maximum Gasteiger partial charge on any atom is 0.232 e. The van der Waals surface area contributed by atoms with Gasteiger partial charge in [0.05, 0.1) is 18.2 Å². The van der Waals surface area contributed by atoms with Crippen LogP contribution in [0, 0.1) is 5.92 Å². The van der Waals surface area contributed by atoms with Crippen molar-refractivity contribution in [1.82, 2.24) is 24.5 Å². The Balaban J connectivity index is 1.73. The average molecular weight is 398 g/mol. The summed E-state index contributed by atoms with van der Waals surface area (Å²) in [4.78, 5) is 17.9. The Labute approximate surface area is 167 Å². The second-order valence-corrected chi connectivity index (χ2v) is 8.03. The Bertz CT molecular complexity index is 968. The van der Waals surface area contributed by atoms with E-state index in [0.717, 1.165) is 17.0 Å². The van der Waals surface area contributed by atoms with E-state index in [9.17, 15) is 4.79 Å². The highest BCUT2D eigenvalue weighted by Gasteiger charge is 2.42. The van der Waals surface area contributed by atoms with Crippen molar-refractivity contribution in [3.63, 3.8) is 0 Å². The number of aryl methyl sites for hydroxylation is 1. The zero-order valence-corrected chi connectivity index (χ0v) is 16.8. The van der Waals surface area contributed by atoms with Crippen LogP contribution in [-0.4, -0.2) is 42.2 Å². The minimum atomic E-state index is -0.377. The van der Waals surface area contributed by atoms with Gasteiger partial charge in [0.25, 0.3) is 0 Å². The quantitative estimate of drug-likeness (QED) is 0.644. The first-order valence-corrected chi connectivity index (χ1v) is 10.3. The van der Waals surface area contributed by atoms with E-state index in [4.69, 9.17) is 0 Å². The molecular formula is C19H23N7OS. The Morgan fingerprint density at radius 2 is 2.11 bits per heavy atom. The molecule has 0 bridgehead atoms. The molecule has 0 radical (unpaired) electrons. The first kappa shape index (κ1) is 18.5. The van der Waals surface area contributed by atoms with Gasteiger partial charge >= 0.3 is 0 Å². The van der Waals surface area contributed by atoms with Crippen LogP contribution in [0.15, 0.2) is 47.9 Å². The summed E-state index contributed by atoms with van der Waals surface area (Å²) in [7, 11) is 1.87. The molecule has 0 saturated carbocycles. The molecule has 4 rings (SSSR count). The van der Waals surface area contributed by atoms with Crippen molar-refractivity contribution >= 4 is 29.3 Å². The molecule has 1 aliphatic rings. The zero-order valence-electron chi connectivity index (χ0n) is 16.0. The Kier molecular flexibility index (Phi) is 5.08. The van der Waals surface area contributed by atoms with Crippen LogP contribution in [0.5, 0.6) is 0 Å². The molecule has 3 heterocycles. The van der Waals surface area contributed by atoms with E-state index >= 15 is 0 Å². The topological polar surface area (TPSA) is 89.7 Å². The van der Waals surface area contributed by atoms with E-state index < -0.39 is 0 Å². The predicted octanol–water partition coefficient (Wildman–Crippen LogP) is 2.78. The number of nitrogens with zero attached hydrogens (tertiary/aromatic N) is 5. The Morgan fingerprint density at radius 3 is 2.79 bits per heavy atom. The van der Waals surface area contributed by atoms with Gasteiger partial charge in [0, 0.05) is 30.5 Å². The summed E-state index contributed by atoms with van der Waals surface area (Å²) in [5.74, 6) is 1.12. The number of fused-ring (bicyclic) bond motifs is 1. The maximum atomic E-state index is 13.3. The average Bonchev–Trinajstić information content (AvgIpc) is 3.27. The minimum absolute atomic E-state index is 0.0640. The number of benzene rings is 1. The molecule has 3 atom stereocenters. The normalized spacial score (nSPS) is 21.0. The predicted molar refractivity (Wildman–Crippen MR) is 109 cm³/mol. The van der Waals surface area contributed by atoms with Crippen LogP contribution in [0.1, 0.15) is 25.5 Å². The molecule has 0 fully saturated rings. The van der Waals surface area contributed by atoms with Crippen LogP contribution in [0.2, 0.25) is 0 Å². The third kappa shape index (κ3) is 3.49. The summed E-state index contributed by atoms with van der Waals surface area (Å²) < 4.78 is 3.57. The van der Waals surface area contributed by atoms with Crippen LogP contribution in [0.3, 0.4) is 0 Å². The van der Waals surface area contributed by atoms with E-state index in [0.29, 0.717) is 11.1 Å². The first-order chi connectivity index (χ1) is 13.6. The second-order valence-electron chi connectivity index (χ2n) is 6.80. The Hall–Kier alpha value is -2.81. The molecule has 1 aliphatic heterocycles. The number of carbonyl (C=O) groups is 1. The smallest absolute Gasteiger partial charge is 0.232 e. The van der Waals surface area contributed by atoms with Crippen molar-refractivity contribution in [3.05, 3.63) is 48.3 Å². The maximum absolute atomic E-state index is 13.3. The molecule has 1 aromatic carbocycles. The van der Waals surface area contributed by atoms with E-state index in [1.165, 1.54) is 0 Å². The minimum Gasteiger partial charge on any atom is -0.351 e. The summed E-state index contributed by atoms with van der Waals surface area (Å²) in [5.41, 5.74) is 1.71. The highest BCUT2D eigenvalue weighted by molar-refractivity contribution is 7.99. The highest BCUT2D eigenvalue weighted by Crippen LogP contribution is 2.37. The van der Waals surface area contributed by atoms with Gasteiger partial charge in [0.1, 0.15) is 0 Å². The lowest BCUT2D eigenvalue weighted by Gasteiger charge is -2.36. The number of rotatable bonds is 5. The van der Waals surface area contributed by atoms with Gasteiger partial charge in [0.15, 0.2) is 0 Å². The lowest BCUT2D eigenvalue weighted by molar-refractivity contribution is -0.121. The number of hydrogen-bond donors (Lipinski definition) is 2. The van der Waals surface area contributed by atoms with E-state index in [2.05, 4.69) is 32.7 Å². The molecule has 0 unspecified atom stereocenters. The zero-order chi connectivity index (χ0) is 19.7. The lowest BCUT2D eigenvalue weighted by atomic mass is 9.86. The number of aromatic nitrogens is 5. The first-order valence-electron chi connectivity index (χ1n) is 9.27. The fourth-order valence-corrected chi connectivity index (χ4v) is 4.12. The number of nitrogens with one attached hydrogen (secondary N) is 2. The molecular weight excluding hydrogens is 374 g/mol. The summed E-state index contributed by atoms with van der Waals surface area (Å²) in [6.07, 6.45) is 3.73. The van der Waals surface area contributed by atoms with Crippen molar-refractivity contribution in [3.8, 4) is 0 Å². The Morgan fingerprint density at radius 1 is 1.32 bits per heavy atom. The van der Waals surface area contributed by atoms with Crippen LogP contribution in [-0.2, 0) is 11.8 Å². The van der Waals surface area contributed by atoms with Gasteiger partial charge in [-0.2, -0.15) is 10.1 Å². The van der Waals surface area contributed by atoms with Crippen molar-refractivity contribution in [2.24, 2.45) is 13.0 Å². The molecule has 2 aromatic heterocycles. The van der Waals surface area contributed by atoms with Crippen molar-refractivity contribution < 1.29 is 4.79 Å². The molecule has 3 aromatic rings. The number of para-hydroxylation sites is 1.